The molecule has 3 rings (SSSR count). The van der Waals surface area contributed by atoms with Gasteiger partial charge in [-0.15, -0.1) is 0 Å². The van der Waals surface area contributed by atoms with Crippen molar-refractivity contribution in [2.45, 2.75) is 45.3 Å². The van der Waals surface area contributed by atoms with Crippen LogP contribution in [0, 0.1) is 0 Å². The van der Waals surface area contributed by atoms with E-state index in [0.29, 0.717) is 18.5 Å². The van der Waals surface area contributed by atoms with E-state index in [1.807, 2.05) is 46.1 Å². The predicted molar refractivity (Wildman–Crippen MR) is 94.6 cm³/mol. The molecule has 1 unspecified atom stereocenters. The molecule has 1 amide bonds. The first-order valence-corrected chi connectivity index (χ1v) is 8.71. The smallest absolute Gasteiger partial charge is 0.227 e. The summed E-state index contributed by atoms with van der Waals surface area (Å²) < 4.78 is 2.04. The largest absolute Gasteiger partial charge is 0.341 e. The zero-order valence-corrected chi connectivity index (χ0v) is 14.5. The van der Waals surface area contributed by atoms with Crippen LogP contribution in [-0.4, -0.2) is 39.7 Å². The summed E-state index contributed by atoms with van der Waals surface area (Å²) in [5, 5.41) is 7.94. The van der Waals surface area contributed by atoms with Crippen LogP contribution in [0.4, 0.5) is 0 Å². The van der Waals surface area contributed by atoms with Crippen molar-refractivity contribution in [1.29, 1.82) is 0 Å². The lowest BCUT2D eigenvalue weighted by Crippen LogP contribution is -2.36. The fraction of sp³-hybridized carbons (Fsp3) is 0.474. The molecule has 0 saturated carbocycles. The number of carbonyl (C=O) groups is 1. The van der Waals surface area contributed by atoms with Crippen LogP contribution in [0.5, 0.6) is 0 Å². The Bertz CT molecular complexity index is 665. The van der Waals surface area contributed by atoms with Crippen molar-refractivity contribution in [3.63, 3.8) is 0 Å². The van der Waals surface area contributed by atoms with Gasteiger partial charge in [0, 0.05) is 37.9 Å². The topological polar surface area (TPSA) is 50.2 Å². The highest BCUT2D eigenvalue weighted by Gasteiger charge is 2.26. The second kappa shape index (κ2) is 7.62. The highest BCUT2D eigenvalue weighted by molar-refractivity contribution is 5.79. The van der Waals surface area contributed by atoms with Crippen molar-refractivity contribution >= 4 is 5.91 Å². The fourth-order valence-corrected chi connectivity index (χ4v) is 3.23. The first kappa shape index (κ1) is 16.7. The Hall–Kier alpha value is -2.14. The average molecular weight is 326 g/mol. The predicted octanol–water partition coefficient (Wildman–Crippen LogP) is 2.40. The normalized spacial score (nSPS) is 17.6. The molecular weight excluding hydrogens is 300 g/mol. The number of hydrogen-bond donors (Lipinski definition) is 1. The maximum atomic E-state index is 12.4. The van der Waals surface area contributed by atoms with E-state index < -0.39 is 0 Å². The van der Waals surface area contributed by atoms with E-state index in [1.54, 1.807) is 0 Å². The van der Waals surface area contributed by atoms with Crippen LogP contribution in [-0.2, 0) is 17.8 Å². The van der Waals surface area contributed by atoms with Gasteiger partial charge in [-0.1, -0.05) is 30.3 Å². The monoisotopic (exact) mass is 326 g/mol. The van der Waals surface area contributed by atoms with Gasteiger partial charge in [0.1, 0.15) is 0 Å². The van der Waals surface area contributed by atoms with Crippen molar-refractivity contribution in [1.82, 2.24) is 20.0 Å². The quantitative estimate of drug-likeness (QED) is 0.887. The van der Waals surface area contributed by atoms with Gasteiger partial charge in [-0.05, 0) is 31.9 Å². The van der Waals surface area contributed by atoms with Crippen LogP contribution in [0.15, 0.2) is 42.6 Å². The molecule has 5 heteroatoms. The van der Waals surface area contributed by atoms with Gasteiger partial charge < -0.3 is 10.2 Å². The first-order valence-electron chi connectivity index (χ1n) is 8.71. The minimum absolute atomic E-state index is 0.220. The Balaban J connectivity index is 1.48. The maximum absolute atomic E-state index is 12.4. The van der Waals surface area contributed by atoms with Crippen molar-refractivity contribution in [3.05, 3.63) is 53.9 Å². The van der Waals surface area contributed by atoms with E-state index in [0.717, 1.165) is 31.6 Å². The van der Waals surface area contributed by atoms with Gasteiger partial charge in [0.2, 0.25) is 5.91 Å². The fourth-order valence-electron chi connectivity index (χ4n) is 3.23. The van der Waals surface area contributed by atoms with E-state index in [1.165, 1.54) is 5.69 Å². The minimum atomic E-state index is 0.220. The highest BCUT2D eigenvalue weighted by atomic mass is 16.2. The van der Waals surface area contributed by atoms with Gasteiger partial charge >= 0.3 is 0 Å². The van der Waals surface area contributed by atoms with Gasteiger partial charge in [0.15, 0.2) is 0 Å². The van der Waals surface area contributed by atoms with Crippen LogP contribution in [0.2, 0.25) is 0 Å². The molecule has 0 radical (unpaired) electrons. The van der Waals surface area contributed by atoms with E-state index in [-0.39, 0.29) is 5.91 Å². The summed E-state index contributed by atoms with van der Waals surface area (Å²) >= 11 is 0. The number of benzene rings is 1. The summed E-state index contributed by atoms with van der Waals surface area (Å²) in [5.74, 6) is 0.220. The molecule has 1 fully saturated rings. The summed E-state index contributed by atoms with van der Waals surface area (Å²) in [6.07, 6.45) is 3.35. The Kier molecular flexibility index (Phi) is 5.30. The number of aromatic nitrogens is 2. The number of carbonyl (C=O) groups excluding carboxylic acids is 1. The van der Waals surface area contributed by atoms with Crippen LogP contribution >= 0.6 is 0 Å². The number of nitrogens with zero attached hydrogens (tertiary/aromatic N) is 3. The van der Waals surface area contributed by atoms with E-state index in [9.17, 15) is 4.79 Å². The number of nitrogens with one attached hydrogen (secondary N) is 1. The first-order chi connectivity index (χ1) is 11.6. The molecule has 2 aromatic rings. The number of rotatable bonds is 6. The molecule has 0 spiro atoms. The van der Waals surface area contributed by atoms with Crippen molar-refractivity contribution in [2.75, 3.05) is 13.1 Å². The molecule has 24 heavy (non-hydrogen) atoms. The van der Waals surface area contributed by atoms with Gasteiger partial charge in [-0.25, -0.2) is 0 Å². The summed E-state index contributed by atoms with van der Waals surface area (Å²) in [6, 6.07) is 12.7. The molecule has 2 heterocycles. The molecule has 1 N–H and O–H groups in total. The Morgan fingerprint density at radius 1 is 1.29 bits per heavy atom. The molecule has 1 atom stereocenters. The molecule has 1 aromatic heterocycles. The number of hydrogen-bond acceptors (Lipinski definition) is 3. The molecule has 1 aromatic carbocycles. The van der Waals surface area contributed by atoms with Crippen molar-refractivity contribution in [2.24, 2.45) is 0 Å². The van der Waals surface area contributed by atoms with E-state index >= 15 is 0 Å². The molecule has 0 bridgehead atoms. The average Bonchev–Trinajstić information content (AvgIpc) is 3.23. The highest BCUT2D eigenvalue weighted by Crippen LogP contribution is 2.14. The lowest BCUT2D eigenvalue weighted by atomic mass is 10.1. The van der Waals surface area contributed by atoms with Gasteiger partial charge in [-0.2, -0.15) is 5.10 Å². The zero-order chi connectivity index (χ0) is 16.9. The summed E-state index contributed by atoms with van der Waals surface area (Å²) in [6.45, 7) is 6.70. The Morgan fingerprint density at radius 2 is 2.08 bits per heavy atom. The van der Waals surface area contributed by atoms with E-state index in [4.69, 9.17) is 0 Å². The Labute approximate surface area is 143 Å². The molecular formula is C19H26N4O. The van der Waals surface area contributed by atoms with Gasteiger partial charge in [-0.3, -0.25) is 9.48 Å². The van der Waals surface area contributed by atoms with Crippen LogP contribution < -0.4 is 5.32 Å². The molecule has 1 saturated heterocycles. The van der Waals surface area contributed by atoms with Gasteiger partial charge in [0.25, 0.3) is 0 Å². The molecule has 1 aliphatic heterocycles. The maximum Gasteiger partial charge on any atom is 0.227 e. The summed E-state index contributed by atoms with van der Waals surface area (Å²) in [4.78, 5) is 14.4. The van der Waals surface area contributed by atoms with Crippen LogP contribution in [0.3, 0.4) is 0 Å². The number of amides is 1. The molecule has 1 aliphatic rings. The minimum Gasteiger partial charge on any atom is -0.341 e. The molecule has 5 nitrogen and oxygen atoms in total. The second-order valence-corrected chi connectivity index (χ2v) is 6.73. The standard InChI is InChI=1S/C19H26N4O/c1-15(2)23-18(8-10-21-23)13-20-17-9-11-22(14-17)19(24)12-16-6-4-3-5-7-16/h3-8,10,15,17,20H,9,11-14H2,1-2H3. The lowest BCUT2D eigenvalue weighted by molar-refractivity contribution is -0.129. The summed E-state index contributed by atoms with van der Waals surface area (Å²) in [5.41, 5.74) is 2.28. The second-order valence-electron chi connectivity index (χ2n) is 6.73. The van der Waals surface area contributed by atoms with Crippen molar-refractivity contribution in [3.8, 4) is 0 Å². The van der Waals surface area contributed by atoms with Crippen molar-refractivity contribution < 1.29 is 4.79 Å². The SMILES string of the molecule is CC(C)n1nccc1CNC1CCN(C(=O)Cc2ccccc2)C1. The third-order valence-corrected chi connectivity index (χ3v) is 4.55. The number of likely N-dealkylation sites (tertiary alicyclic amines) is 1. The van der Waals surface area contributed by atoms with Crippen LogP contribution in [0.25, 0.3) is 0 Å². The Morgan fingerprint density at radius 3 is 2.83 bits per heavy atom. The molecule has 0 aliphatic carbocycles. The lowest BCUT2D eigenvalue weighted by Gasteiger charge is -2.18. The third-order valence-electron chi connectivity index (χ3n) is 4.55. The summed E-state index contributed by atoms with van der Waals surface area (Å²) in [7, 11) is 0. The zero-order valence-electron chi connectivity index (χ0n) is 14.5. The molecule has 128 valence electrons. The third kappa shape index (κ3) is 4.03. The van der Waals surface area contributed by atoms with Gasteiger partial charge in [0.05, 0.1) is 12.1 Å². The van der Waals surface area contributed by atoms with Crippen LogP contribution in [0.1, 0.15) is 37.6 Å². The van der Waals surface area contributed by atoms with E-state index in [2.05, 4.69) is 30.3 Å².